The van der Waals surface area contributed by atoms with Gasteiger partial charge in [0.1, 0.15) is 5.60 Å². The highest BCUT2D eigenvalue weighted by Crippen LogP contribution is 2.25. The maximum atomic E-state index is 11.4. The molecular formula is C11H25NO2Si. The van der Waals surface area contributed by atoms with Crippen LogP contribution >= 0.6 is 0 Å². The van der Waals surface area contributed by atoms with Gasteiger partial charge in [0.15, 0.2) is 0 Å². The third-order valence-electron chi connectivity index (χ3n) is 2.43. The molecule has 1 amide bonds. The van der Waals surface area contributed by atoms with Crippen molar-refractivity contribution in [3.8, 4) is 0 Å². The molecule has 1 N–H and O–H groups in total. The minimum absolute atomic E-state index is 0.300. The van der Waals surface area contributed by atoms with Gasteiger partial charge in [-0.05, 0) is 25.8 Å². The fourth-order valence-electron chi connectivity index (χ4n) is 0.857. The molecule has 0 aromatic carbocycles. The number of hydrogen-bond acceptors (Lipinski definition) is 2. The van der Waals surface area contributed by atoms with Gasteiger partial charge in [-0.2, -0.15) is 0 Å². The molecule has 1 unspecified atom stereocenters. The van der Waals surface area contributed by atoms with Gasteiger partial charge in [0.2, 0.25) is 0 Å². The molecule has 3 nitrogen and oxygen atoms in total. The molecule has 0 rings (SSSR count). The van der Waals surface area contributed by atoms with Gasteiger partial charge in [-0.1, -0.05) is 27.3 Å². The number of ether oxygens (including phenoxy) is 1. The lowest BCUT2D eigenvalue weighted by Gasteiger charge is -2.26. The van der Waals surface area contributed by atoms with E-state index in [0.29, 0.717) is 5.04 Å². The highest BCUT2D eigenvalue weighted by molar-refractivity contribution is 6.61. The van der Waals surface area contributed by atoms with Crippen LogP contribution in [0.2, 0.25) is 11.6 Å². The van der Waals surface area contributed by atoms with E-state index in [2.05, 4.69) is 32.6 Å². The normalized spacial score (nSPS) is 14.6. The van der Waals surface area contributed by atoms with E-state index in [-0.39, 0.29) is 6.09 Å². The molecule has 0 fully saturated rings. The van der Waals surface area contributed by atoms with Gasteiger partial charge < -0.3 is 10.1 Å². The summed E-state index contributed by atoms with van der Waals surface area (Å²) in [7, 11) is -0.926. The van der Waals surface area contributed by atoms with E-state index < -0.39 is 14.4 Å². The fraction of sp³-hybridized carbons (Fsp3) is 0.909. The summed E-state index contributed by atoms with van der Waals surface area (Å²) >= 11 is 0. The second-order valence-electron chi connectivity index (χ2n) is 6.15. The molecule has 0 saturated heterocycles. The number of carbonyl (C=O) groups excluding carboxylic acids is 1. The molecule has 0 radical (unpaired) electrons. The Morgan fingerprint density at radius 3 is 2.00 bits per heavy atom. The van der Waals surface area contributed by atoms with Crippen LogP contribution in [-0.2, 0) is 4.74 Å². The standard InChI is InChI=1S/C11H25NO2Si/c1-10(2,3)14-9(13)12-8-15(7)11(4,5)6/h15H,8H2,1-7H3,(H,12,13). The van der Waals surface area contributed by atoms with E-state index >= 15 is 0 Å². The van der Waals surface area contributed by atoms with Crippen LogP contribution in [0.4, 0.5) is 4.79 Å². The molecule has 0 spiro atoms. The summed E-state index contributed by atoms with van der Waals surface area (Å²) in [6, 6.07) is 0. The average molecular weight is 231 g/mol. The fourth-order valence-corrected chi connectivity index (χ4v) is 1.94. The zero-order chi connectivity index (χ0) is 12.3. The Hall–Kier alpha value is -0.513. The monoisotopic (exact) mass is 231 g/mol. The Bertz CT molecular complexity index is 216. The van der Waals surface area contributed by atoms with Gasteiger partial charge in [-0.15, -0.1) is 0 Å². The number of amides is 1. The first-order valence-electron chi connectivity index (χ1n) is 5.49. The lowest BCUT2D eigenvalue weighted by atomic mass is 10.2. The maximum Gasteiger partial charge on any atom is 0.407 e. The molecule has 0 saturated carbocycles. The zero-order valence-corrected chi connectivity index (χ0v) is 12.3. The highest BCUT2D eigenvalue weighted by atomic mass is 28.3. The van der Waals surface area contributed by atoms with Crippen molar-refractivity contribution in [1.82, 2.24) is 5.32 Å². The number of carbonyl (C=O) groups is 1. The summed E-state index contributed by atoms with van der Waals surface area (Å²) in [6.07, 6.45) is 0.490. The SMILES string of the molecule is C[SiH](CNC(=O)OC(C)(C)C)C(C)(C)C. The van der Waals surface area contributed by atoms with Gasteiger partial charge in [0.05, 0.1) is 8.80 Å². The van der Waals surface area contributed by atoms with Gasteiger partial charge >= 0.3 is 6.09 Å². The second-order valence-corrected chi connectivity index (χ2v) is 10.1. The predicted octanol–water partition coefficient (Wildman–Crippen LogP) is 2.71. The van der Waals surface area contributed by atoms with E-state index in [9.17, 15) is 4.79 Å². The van der Waals surface area contributed by atoms with Crippen molar-refractivity contribution < 1.29 is 9.53 Å². The van der Waals surface area contributed by atoms with E-state index in [1.165, 1.54) is 0 Å². The first-order chi connectivity index (χ1) is 6.52. The highest BCUT2D eigenvalue weighted by Gasteiger charge is 2.23. The van der Waals surface area contributed by atoms with Crippen LogP contribution in [0.3, 0.4) is 0 Å². The summed E-state index contributed by atoms with van der Waals surface area (Å²) in [5, 5.41) is 3.19. The zero-order valence-electron chi connectivity index (χ0n) is 11.1. The first-order valence-corrected chi connectivity index (χ1v) is 8.04. The second kappa shape index (κ2) is 5.01. The first kappa shape index (κ1) is 14.5. The largest absolute Gasteiger partial charge is 0.444 e. The Morgan fingerprint density at radius 1 is 1.20 bits per heavy atom. The summed E-state index contributed by atoms with van der Waals surface area (Å²) in [5.74, 6) is 0. The van der Waals surface area contributed by atoms with Crippen LogP contribution < -0.4 is 5.32 Å². The number of rotatable bonds is 2. The smallest absolute Gasteiger partial charge is 0.407 e. The Labute approximate surface area is 95.2 Å². The molecule has 90 valence electrons. The minimum Gasteiger partial charge on any atom is -0.444 e. The van der Waals surface area contributed by atoms with E-state index in [0.717, 1.165) is 6.17 Å². The Morgan fingerprint density at radius 2 is 1.67 bits per heavy atom. The van der Waals surface area contributed by atoms with Crippen LogP contribution in [0.1, 0.15) is 41.5 Å². The summed E-state index contributed by atoms with van der Waals surface area (Å²) in [5.41, 5.74) is -0.406. The van der Waals surface area contributed by atoms with Crippen molar-refractivity contribution >= 4 is 14.9 Å². The average Bonchev–Trinajstić information content (AvgIpc) is 1.94. The molecule has 15 heavy (non-hydrogen) atoms. The van der Waals surface area contributed by atoms with Crippen molar-refractivity contribution in [1.29, 1.82) is 0 Å². The van der Waals surface area contributed by atoms with Crippen LogP contribution in [0.25, 0.3) is 0 Å². The van der Waals surface area contributed by atoms with Crippen molar-refractivity contribution in [3.63, 3.8) is 0 Å². The topological polar surface area (TPSA) is 38.3 Å². The molecule has 1 atom stereocenters. The molecule has 0 heterocycles. The van der Waals surface area contributed by atoms with Crippen LogP contribution in [0.5, 0.6) is 0 Å². The van der Waals surface area contributed by atoms with Crippen LogP contribution in [0, 0.1) is 0 Å². The Balaban J connectivity index is 3.92. The lowest BCUT2D eigenvalue weighted by Crippen LogP contribution is -2.40. The molecule has 0 aromatic heterocycles. The summed E-state index contributed by atoms with van der Waals surface area (Å²) in [4.78, 5) is 11.4. The van der Waals surface area contributed by atoms with Crippen LogP contribution in [-0.4, -0.2) is 26.7 Å². The maximum absolute atomic E-state index is 11.4. The van der Waals surface area contributed by atoms with Crippen molar-refractivity contribution in [2.75, 3.05) is 6.17 Å². The molecule has 0 aliphatic carbocycles. The van der Waals surface area contributed by atoms with Crippen molar-refractivity contribution in [2.45, 2.75) is 58.7 Å². The van der Waals surface area contributed by atoms with Crippen molar-refractivity contribution in [3.05, 3.63) is 0 Å². The number of hydrogen-bond donors (Lipinski definition) is 1. The van der Waals surface area contributed by atoms with Gasteiger partial charge in [-0.25, -0.2) is 4.79 Å². The van der Waals surface area contributed by atoms with E-state index in [4.69, 9.17) is 4.74 Å². The van der Waals surface area contributed by atoms with Crippen molar-refractivity contribution in [2.24, 2.45) is 0 Å². The van der Waals surface area contributed by atoms with Gasteiger partial charge in [-0.3, -0.25) is 0 Å². The third-order valence-corrected chi connectivity index (χ3v) is 6.20. The number of nitrogens with one attached hydrogen (secondary N) is 1. The van der Waals surface area contributed by atoms with Gasteiger partial charge in [0.25, 0.3) is 0 Å². The summed E-state index contributed by atoms with van der Waals surface area (Å²) in [6.45, 7) is 14.5. The quantitative estimate of drug-likeness (QED) is 0.742. The Kier molecular flexibility index (Phi) is 4.84. The van der Waals surface area contributed by atoms with E-state index in [1.807, 2.05) is 20.8 Å². The third kappa shape index (κ3) is 7.42. The number of alkyl carbamates (subject to hydrolysis) is 1. The predicted molar refractivity (Wildman–Crippen MR) is 67.0 cm³/mol. The van der Waals surface area contributed by atoms with Gasteiger partial charge in [0, 0.05) is 6.17 Å². The lowest BCUT2D eigenvalue weighted by molar-refractivity contribution is 0.0536. The summed E-state index contributed by atoms with van der Waals surface area (Å²) < 4.78 is 5.17. The molecule has 0 aliphatic heterocycles. The molecule has 0 bridgehead atoms. The molecule has 4 heteroatoms. The molecular weight excluding hydrogens is 206 g/mol. The minimum atomic E-state index is -0.926. The molecule has 0 aromatic rings. The molecule has 0 aliphatic rings. The van der Waals surface area contributed by atoms with Crippen LogP contribution in [0.15, 0.2) is 0 Å². The van der Waals surface area contributed by atoms with E-state index in [1.54, 1.807) is 0 Å².